The lowest BCUT2D eigenvalue weighted by molar-refractivity contribution is 0.167. The molecule has 2 saturated heterocycles. The summed E-state index contributed by atoms with van der Waals surface area (Å²) in [6, 6.07) is 1.23. The predicted molar refractivity (Wildman–Crippen MR) is 115 cm³/mol. The van der Waals surface area contributed by atoms with Gasteiger partial charge in [-0.3, -0.25) is 4.99 Å². The van der Waals surface area contributed by atoms with Crippen LogP contribution in [0.1, 0.15) is 52.4 Å². The third-order valence-electron chi connectivity index (χ3n) is 5.24. The van der Waals surface area contributed by atoms with E-state index in [1.165, 1.54) is 64.7 Å². The standard InChI is InChI=1S/C18H37N5.HI/c1-16(2)23-13-8-17(9-14-23)21-18(19-3)20-10-15-22-11-6-4-5-7-12-22;/h16-17H,4-15H2,1-3H3,(H2,19,20,21);1H. The summed E-state index contributed by atoms with van der Waals surface area (Å²) in [5.74, 6) is 0.975. The second-order valence-electron chi connectivity index (χ2n) is 7.30. The van der Waals surface area contributed by atoms with Gasteiger partial charge in [0.15, 0.2) is 5.96 Å². The van der Waals surface area contributed by atoms with E-state index >= 15 is 0 Å². The van der Waals surface area contributed by atoms with Crippen LogP contribution in [0.2, 0.25) is 0 Å². The van der Waals surface area contributed by atoms with E-state index in [0.29, 0.717) is 12.1 Å². The summed E-state index contributed by atoms with van der Waals surface area (Å²) in [6.07, 6.45) is 7.96. The number of nitrogens with one attached hydrogen (secondary N) is 2. The Labute approximate surface area is 166 Å². The van der Waals surface area contributed by atoms with Crippen molar-refractivity contribution in [3.63, 3.8) is 0 Å². The summed E-state index contributed by atoms with van der Waals surface area (Å²) in [5.41, 5.74) is 0. The van der Waals surface area contributed by atoms with Gasteiger partial charge in [-0.15, -0.1) is 24.0 Å². The minimum atomic E-state index is 0. The Morgan fingerprint density at radius 1 is 1.04 bits per heavy atom. The summed E-state index contributed by atoms with van der Waals surface area (Å²) in [7, 11) is 1.88. The Balaban J connectivity index is 0.00000288. The Kier molecular flexibility index (Phi) is 11.3. The first-order valence-corrected chi connectivity index (χ1v) is 9.62. The molecule has 2 aliphatic heterocycles. The zero-order chi connectivity index (χ0) is 16.5. The van der Waals surface area contributed by atoms with Crippen LogP contribution in [-0.4, -0.2) is 74.2 Å². The van der Waals surface area contributed by atoms with E-state index in [1.54, 1.807) is 0 Å². The maximum absolute atomic E-state index is 4.40. The number of nitrogens with zero attached hydrogens (tertiary/aromatic N) is 3. The highest BCUT2D eigenvalue weighted by Crippen LogP contribution is 2.12. The molecule has 0 amide bonds. The molecule has 2 N–H and O–H groups in total. The fourth-order valence-electron chi connectivity index (χ4n) is 3.64. The number of hydrogen-bond donors (Lipinski definition) is 2. The van der Waals surface area contributed by atoms with Gasteiger partial charge < -0.3 is 20.4 Å². The summed E-state index contributed by atoms with van der Waals surface area (Å²) < 4.78 is 0. The van der Waals surface area contributed by atoms with Crippen LogP contribution in [0, 0.1) is 0 Å². The van der Waals surface area contributed by atoms with E-state index in [4.69, 9.17) is 0 Å². The topological polar surface area (TPSA) is 42.9 Å². The number of aliphatic imine (C=N–C) groups is 1. The van der Waals surface area contributed by atoms with Crippen LogP contribution in [-0.2, 0) is 0 Å². The van der Waals surface area contributed by atoms with E-state index in [9.17, 15) is 0 Å². The Morgan fingerprint density at radius 2 is 1.67 bits per heavy atom. The molecule has 0 radical (unpaired) electrons. The van der Waals surface area contributed by atoms with E-state index in [2.05, 4.69) is 39.3 Å². The van der Waals surface area contributed by atoms with Crippen molar-refractivity contribution in [3.8, 4) is 0 Å². The van der Waals surface area contributed by atoms with Crippen LogP contribution in [0.5, 0.6) is 0 Å². The lowest BCUT2D eigenvalue weighted by Crippen LogP contribution is -2.50. The second kappa shape index (κ2) is 12.3. The number of hydrogen-bond acceptors (Lipinski definition) is 3. The SMILES string of the molecule is CN=C(NCCN1CCCCCC1)NC1CCN(C(C)C)CC1.I. The van der Waals surface area contributed by atoms with Crippen LogP contribution >= 0.6 is 24.0 Å². The Hall–Kier alpha value is -0.0800. The van der Waals surface area contributed by atoms with Crippen LogP contribution in [0.3, 0.4) is 0 Å². The van der Waals surface area contributed by atoms with Gasteiger partial charge >= 0.3 is 0 Å². The molecule has 2 aliphatic rings. The highest BCUT2D eigenvalue weighted by molar-refractivity contribution is 14.0. The van der Waals surface area contributed by atoms with E-state index < -0.39 is 0 Å². The molecule has 0 spiro atoms. The van der Waals surface area contributed by atoms with Crippen molar-refractivity contribution in [2.45, 2.75) is 64.5 Å². The van der Waals surface area contributed by atoms with Gasteiger partial charge in [0.1, 0.15) is 0 Å². The molecular formula is C18H38IN5. The number of piperidine rings is 1. The van der Waals surface area contributed by atoms with Gasteiger partial charge in [0.2, 0.25) is 0 Å². The zero-order valence-corrected chi connectivity index (χ0v) is 18.2. The third-order valence-corrected chi connectivity index (χ3v) is 5.24. The normalized spacial score (nSPS) is 22.1. The van der Waals surface area contributed by atoms with Crippen LogP contribution in [0.15, 0.2) is 4.99 Å². The largest absolute Gasteiger partial charge is 0.355 e. The van der Waals surface area contributed by atoms with E-state index in [1.807, 2.05) is 7.05 Å². The molecule has 2 fully saturated rings. The average Bonchev–Trinajstić information content (AvgIpc) is 2.83. The highest BCUT2D eigenvalue weighted by Gasteiger charge is 2.21. The zero-order valence-electron chi connectivity index (χ0n) is 15.9. The molecule has 5 nitrogen and oxygen atoms in total. The number of likely N-dealkylation sites (tertiary alicyclic amines) is 2. The van der Waals surface area contributed by atoms with Crippen molar-refractivity contribution in [1.29, 1.82) is 0 Å². The lowest BCUT2D eigenvalue weighted by atomic mass is 10.0. The molecule has 0 unspecified atom stereocenters. The van der Waals surface area contributed by atoms with Crippen molar-refractivity contribution in [1.82, 2.24) is 20.4 Å². The monoisotopic (exact) mass is 451 g/mol. The molecule has 0 atom stereocenters. The molecule has 0 aromatic rings. The maximum Gasteiger partial charge on any atom is 0.191 e. The number of rotatable bonds is 5. The molecule has 6 heteroatoms. The molecule has 0 aliphatic carbocycles. The van der Waals surface area contributed by atoms with Crippen molar-refractivity contribution in [3.05, 3.63) is 0 Å². The van der Waals surface area contributed by atoms with Gasteiger partial charge in [0.25, 0.3) is 0 Å². The summed E-state index contributed by atoms with van der Waals surface area (Å²) in [4.78, 5) is 9.55. The van der Waals surface area contributed by atoms with E-state index in [-0.39, 0.29) is 24.0 Å². The maximum atomic E-state index is 4.40. The first-order valence-electron chi connectivity index (χ1n) is 9.62. The summed E-state index contributed by atoms with van der Waals surface area (Å²) in [6.45, 7) is 11.6. The molecule has 0 saturated carbocycles. The molecule has 2 rings (SSSR count). The minimum Gasteiger partial charge on any atom is -0.355 e. The van der Waals surface area contributed by atoms with Crippen molar-refractivity contribution in [2.24, 2.45) is 4.99 Å². The number of halogens is 1. The quantitative estimate of drug-likeness (QED) is 0.383. The molecule has 0 bridgehead atoms. The molecule has 142 valence electrons. The van der Waals surface area contributed by atoms with Gasteiger partial charge in [0, 0.05) is 45.3 Å². The molecular weight excluding hydrogens is 413 g/mol. The Bertz CT molecular complexity index is 345. The van der Waals surface area contributed by atoms with Crippen molar-refractivity contribution < 1.29 is 0 Å². The molecule has 0 aromatic carbocycles. The first-order chi connectivity index (χ1) is 11.2. The molecule has 0 aromatic heterocycles. The third kappa shape index (κ3) is 7.87. The van der Waals surface area contributed by atoms with Crippen LogP contribution in [0.25, 0.3) is 0 Å². The lowest BCUT2D eigenvalue weighted by Gasteiger charge is -2.35. The fourth-order valence-corrected chi connectivity index (χ4v) is 3.64. The summed E-state index contributed by atoms with van der Waals surface area (Å²) in [5, 5.41) is 7.11. The smallest absolute Gasteiger partial charge is 0.191 e. The van der Waals surface area contributed by atoms with Crippen LogP contribution < -0.4 is 10.6 Å². The Morgan fingerprint density at radius 3 is 2.21 bits per heavy atom. The van der Waals surface area contributed by atoms with E-state index in [0.717, 1.165) is 19.0 Å². The molecule has 24 heavy (non-hydrogen) atoms. The second-order valence-corrected chi connectivity index (χ2v) is 7.30. The number of guanidine groups is 1. The first kappa shape index (κ1) is 22.0. The average molecular weight is 451 g/mol. The van der Waals surface area contributed by atoms with Crippen LogP contribution in [0.4, 0.5) is 0 Å². The highest BCUT2D eigenvalue weighted by atomic mass is 127. The van der Waals surface area contributed by atoms with Gasteiger partial charge in [-0.05, 0) is 52.6 Å². The van der Waals surface area contributed by atoms with Gasteiger partial charge in [-0.25, -0.2) is 0 Å². The van der Waals surface area contributed by atoms with Crippen molar-refractivity contribution in [2.75, 3.05) is 46.3 Å². The van der Waals surface area contributed by atoms with Gasteiger partial charge in [0.05, 0.1) is 0 Å². The predicted octanol–water partition coefficient (Wildman–Crippen LogP) is 2.52. The van der Waals surface area contributed by atoms with Gasteiger partial charge in [-0.2, -0.15) is 0 Å². The molecule has 2 heterocycles. The van der Waals surface area contributed by atoms with Crippen molar-refractivity contribution >= 4 is 29.9 Å². The minimum absolute atomic E-state index is 0. The summed E-state index contributed by atoms with van der Waals surface area (Å²) >= 11 is 0. The van der Waals surface area contributed by atoms with Gasteiger partial charge in [-0.1, -0.05) is 12.8 Å². The fraction of sp³-hybridized carbons (Fsp3) is 0.944.